The third-order valence-corrected chi connectivity index (χ3v) is 21.7. The summed E-state index contributed by atoms with van der Waals surface area (Å²) < 4.78 is 48.6. The maximum Gasteiger partial charge on any atom is 0.493 e. The summed E-state index contributed by atoms with van der Waals surface area (Å²) in [6.07, 6.45) is 2.72. The highest BCUT2D eigenvalue weighted by Crippen LogP contribution is 2.35. The maximum atomic E-state index is 7.48. The second-order valence-electron chi connectivity index (χ2n) is 13.9. The Morgan fingerprint density at radius 1 is 0.420 bits per heavy atom. The molecule has 0 saturated carbocycles. The largest absolute Gasteiger partial charge is 0.493 e. The molecule has 0 aromatic carbocycles. The number of rotatable bonds is 26. The lowest BCUT2D eigenvalue weighted by Gasteiger charge is -2.44. The fourth-order valence-corrected chi connectivity index (χ4v) is 20.3. The molecule has 0 aromatic heterocycles. The van der Waals surface area contributed by atoms with Crippen molar-refractivity contribution in [2.45, 2.75) is 111 Å². The van der Waals surface area contributed by atoms with Crippen LogP contribution in [0, 0.1) is 0 Å². The van der Waals surface area contributed by atoms with Crippen molar-refractivity contribution < 1.29 is 30.4 Å². The Labute approximate surface area is 309 Å². The summed E-state index contributed by atoms with van der Waals surface area (Å²) in [5.74, 6) is 0. The van der Waals surface area contributed by atoms with Crippen LogP contribution < -0.4 is 16.0 Å². The van der Waals surface area contributed by atoms with Crippen LogP contribution in [0.15, 0.2) is 0 Å². The summed E-state index contributed by atoms with van der Waals surface area (Å²) >= 11 is 0. The third kappa shape index (κ3) is 14.4. The number of nitrogens with zero attached hydrogens (tertiary/aromatic N) is 3. The Bertz CT molecular complexity index is 826. The monoisotopic (exact) mass is 765 g/mol. The van der Waals surface area contributed by atoms with Crippen LogP contribution in [0.4, 0.5) is 0 Å². The minimum atomic E-state index is -3.53. The van der Waals surface area contributed by atoms with Gasteiger partial charge in [0.2, 0.25) is 0 Å². The van der Waals surface area contributed by atoms with Crippen LogP contribution in [0.1, 0.15) is 74.7 Å². The summed E-state index contributed by atoms with van der Waals surface area (Å²) in [7, 11) is -10.1. The van der Waals surface area contributed by atoms with E-state index < -0.39 is 26.4 Å². The molecule has 3 heterocycles. The van der Waals surface area contributed by atoms with Crippen LogP contribution in [0.25, 0.3) is 0 Å². The summed E-state index contributed by atoms with van der Waals surface area (Å²) in [6, 6.07) is 3.18. The highest BCUT2D eigenvalue weighted by atomic mass is 28.5. The Hall–Kier alpha value is 0.131. The molecule has 0 amide bonds. The van der Waals surface area contributed by atoms with Gasteiger partial charge in [-0.1, -0.05) is 0 Å². The molecular formula is C34H76N6O7Si3. The van der Waals surface area contributed by atoms with Crippen molar-refractivity contribution in [2.24, 2.45) is 0 Å². The molecule has 50 heavy (non-hydrogen) atoms. The van der Waals surface area contributed by atoms with Gasteiger partial charge in [0, 0.05) is 148 Å². The zero-order valence-electron chi connectivity index (χ0n) is 33.2. The summed E-state index contributed by atoms with van der Waals surface area (Å²) in [6.45, 7) is 32.0. The highest BCUT2D eigenvalue weighted by Gasteiger charge is 2.59. The number of hydrogen-bond acceptors (Lipinski definition) is 13. The van der Waals surface area contributed by atoms with Gasteiger partial charge in [0.1, 0.15) is 0 Å². The molecule has 3 aliphatic rings. The van der Waals surface area contributed by atoms with Crippen LogP contribution in [-0.2, 0) is 30.4 Å². The average Bonchev–Trinajstić information content (AvgIpc) is 3.13. The number of nitrogens with one attached hydrogen (secondary N) is 3. The third-order valence-electron chi connectivity index (χ3n) is 10.4. The standard InChI is InChI=1S/C34H76N6O7Si3/c1-9-41-48(42-10-2,29-14-32(6)38-23-17-35-18-24-38)46-50(45-13-5,31-16-34(8)40-27-21-37-22-28-40)47-49(43-11-3,44-12-4)30-15-33(7)39-25-19-36-20-26-39/h32-37H,9-31H2,1-8H3. The molecule has 3 aliphatic heterocycles. The van der Waals surface area contributed by atoms with Crippen molar-refractivity contribution in [1.82, 2.24) is 30.7 Å². The molecule has 16 heteroatoms. The molecule has 3 rings (SSSR count). The highest BCUT2D eigenvalue weighted by molar-refractivity contribution is 6.81. The quantitative estimate of drug-likeness (QED) is 0.113. The fraction of sp³-hybridized carbons (Fsp3) is 1.00. The van der Waals surface area contributed by atoms with E-state index in [-0.39, 0.29) is 0 Å². The molecule has 0 radical (unpaired) electrons. The number of hydrogen-bond donors (Lipinski definition) is 3. The van der Waals surface area contributed by atoms with Crippen LogP contribution in [0.5, 0.6) is 0 Å². The second kappa shape index (κ2) is 23.8. The topological polar surface area (TPSA) is 110 Å². The van der Waals surface area contributed by atoms with Crippen molar-refractivity contribution in [1.29, 1.82) is 0 Å². The molecular weight excluding hydrogens is 689 g/mol. The van der Waals surface area contributed by atoms with Crippen LogP contribution >= 0.6 is 0 Å². The Morgan fingerprint density at radius 2 is 0.660 bits per heavy atom. The van der Waals surface area contributed by atoms with Gasteiger partial charge in [-0.3, -0.25) is 14.7 Å². The predicted octanol–water partition coefficient (Wildman–Crippen LogP) is 3.07. The maximum absolute atomic E-state index is 7.48. The van der Waals surface area contributed by atoms with Crippen molar-refractivity contribution in [3.8, 4) is 0 Å². The van der Waals surface area contributed by atoms with Gasteiger partial charge in [0.25, 0.3) is 0 Å². The van der Waals surface area contributed by atoms with E-state index in [1.165, 1.54) is 0 Å². The van der Waals surface area contributed by atoms with E-state index in [0.29, 0.717) is 69.3 Å². The average molecular weight is 765 g/mol. The lowest BCUT2D eigenvalue weighted by Crippen LogP contribution is -2.65. The molecule has 3 saturated heterocycles. The first kappa shape index (κ1) is 44.5. The summed E-state index contributed by atoms with van der Waals surface area (Å²) in [5, 5.41) is 10.5. The van der Waals surface area contributed by atoms with Gasteiger partial charge in [0.15, 0.2) is 0 Å². The second-order valence-corrected chi connectivity index (χ2v) is 22.6. The Balaban J connectivity index is 1.97. The van der Waals surface area contributed by atoms with E-state index in [0.717, 1.165) is 97.8 Å². The van der Waals surface area contributed by atoms with Crippen LogP contribution in [-0.4, -0.2) is 171 Å². The first-order valence-corrected chi connectivity index (χ1v) is 25.9. The van der Waals surface area contributed by atoms with E-state index in [4.69, 9.17) is 30.4 Å². The van der Waals surface area contributed by atoms with Gasteiger partial charge in [0.05, 0.1) is 0 Å². The SMILES string of the molecule is CCO[Si](CCC(C)N1CCNCC1)(OCC)O[Si](CCC(C)N1CCNCC1)(OCC)O[Si](CCC(C)N1CCNCC1)(OCC)OCC. The fourth-order valence-electron chi connectivity index (χ4n) is 7.49. The van der Waals surface area contributed by atoms with Crippen molar-refractivity contribution in [3.63, 3.8) is 0 Å². The number of piperazine rings is 3. The molecule has 3 N–H and O–H groups in total. The molecule has 13 nitrogen and oxygen atoms in total. The summed E-state index contributed by atoms with van der Waals surface area (Å²) in [5.41, 5.74) is 0. The van der Waals surface area contributed by atoms with Gasteiger partial charge in [-0.25, -0.2) is 0 Å². The first-order valence-electron chi connectivity index (χ1n) is 20.1. The van der Waals surface area contributed by atoms with Gasteiger partial charge < -0.3 is 46.3 Å². The Morgan fingerprint density at radius 3 is 0.920 bits per heavy atom. The smallest absolute Gasteiger partial charge is 0.375 e. The van der Waals surface area contributed by atoms with Gasteiger partial charge >= 0.3 is 26.4 Å². The normalized spacial score (nSPS) is 22.3. The van der Waals surface area contributed by atoms with E-state index >= 15 is 0 Å². The van der Waals surface area contributed by atoms with Crippen LogP contribution in [0.3, 0.4) is 0 Å². The molecule has 0 bridgehead atoms. The van der Waals surface area contributed by atoms with Crippen molar-refractivity contribution in [2.75, 3.05) is 112 Å². The molecule has 3 atom stereocenters. The zero-order chi connectivity index (χ0) is 36.3. The molecule has 0 aliphatic carbocycles. The Kier molecular flexibility index (Phi) is 21.2. The molecule has 296 valence electrons. The molecule has 3 unspecified atom stereocenters. The first-order chi connectivity index (χ1) is 24.2. The van der Waals surface area contributed by atoms with Gasteiger partial charge in [-0.2, -0.15) is 0 Å². The predicted molar refractivity (Wildman–Crippen MR) is 208 cm³/mol. The van der Waals surface area contributed by atoms with Crippen molar-refractivity contribution in [3.05, 3.63) is 0 Å². The van der Waals surface area contributed by atoms with E-state index in [2.05, 4.69) is 51.4 Å². The van der Waals surface area contributed by atoms with E-state index in [1.807, 2.05) is 34.6 Å². The molecule has 3 fully saturated rings. The molecule has 0 spiro atoms. The van der Waals surface area contributed by atoms with Gasteiger partial charge in [-0.15, -0.1) is 0 Å². The van der Waals surface area contributed by atoms with Crippen molar-refractivity contribution >= 4 is 26.4 Å². The minimum absolute atomic E-state index is 0.350. The summed E-state index contributed by atoms with van der Waals surface area (Å²) in [4.78, 5) is 7.69. The van der Waals surface area contributed by atoms with E-state index in [9.17, 15) is 0 Å². The van der Waals surface area contributed by atoms with E-state index in [1.54, 1.807) is 0 Å². The minimum Gasteiger partial charge on any atom is -0.375 e. The zero-order valence-corrected chi connectivity index (χ0v) is 36.2. The lowest BCUT2D eigenvalue weighted by molar-refractivity contribution is 0.0359. The molecule has 0 aromatic rings. The van der Waals surface area contributed by atoms with Gasteiger partial charge in [-0.05, 0) is 74.7 Å². The van der Waals surface area contributed by atoms with Crippen LogP contribution in [0.2, 0.25) is 18.1 Å². The lowest BCUT2D eigenvalue weighted by atomic mass is 10.2.